The third-order valence-electron chi connectivity index (χ3n) is 5.45. The maximum absolute atomic E-state index is 12.1. The molecular weight excluding hydrogens is 464 g/mol. The van der Waals surface area contributed by atoms with E-state index >= 15 is 0 Å². The van der Waals surface area contributed by atoms with Gasteiger partial charge in [0.1, 0.15) is 16.4 Å². The Morgan fingerprint density at radius 2 is 1.30 bits per heavy atom. The minimum atomic E-state index is -4.58. The van der Waals surface area contributed by atoms with Crippen LogP contribution in [0, 0.1) is 0 Å². The minimum absolute atomic E-state index is 0.0195. The molecule has 0 aliphatic rings. The first-order valence-corrected chi connectivity index (χ1v) is 14.4. The number of benzene rings is 2. The first kappa shape index (κ1) is 27.3. The van der Waals surface area contributed by atoms with Gasteiger partial charge in [0, 0.05) is 6.07 Å². The lowest BCUT2D eigenvalue weighted by atomic mass is 10.0. The minimum Gasteiger partial charge on any atom is -0.456 e. The van der Waals surface area contributed by atoms with Crippen LogP contribution in [0.25, 0.3) is 0 Å². The molecule has 2 N–H and O–H groups in total. The van der Waals surface area contributed by atoms with E-state index in [9.17, 15) is 25.9 Å². The van der Waals surface area contributed by atoms with Crippen molar-refractivity contribution in [3.05, 3.63) is 48.0 Å². The lowest BCUT2D eigenvalue weighted by Crippen LogP contribution is -2.06. The third kappa shape index (κ3) is 9.44. The largest absolute Gasteiger partial charge is 0.456 e. The molecule has 0 radical (unpaired) electrons. The molecule has 0 spiro atoms. The fourth-order valence-corrected chi connectivity index (χ4v) is 5.14. The van der Waals surface area contributed by atoms with Gasteiger partial charge in [0.2, 0.25) is 0 Å². The van der Waals surface area contributed by atoms with E-state index in [-0.39, 0.29) is 21.3 Å². The summed E-state index contributed by atoms with van der Waals surface area (Å²) in [6, 6.07) is 9.72. The van der Waals surface area contributed by atoms with E-state index in [4.69, 9.17) is 4.74 Å². The summed E-state index contributed by atoms with van der Waals surface area (Å²) in [6.45, 7) is 2.20. The maximum Gasteiger partial charge on any atom is 0.298 e. The molecule has 0 unspecified atom stereocenters. The third-order valence-corrected chi connectivity index (χ3v) is 7.28. The summed E-state index contributed by atoms with van der Waals surface area (Å²) in [7, 11) is -9.02. The Morgan fingerprint density at radius 1 is 0.727 bits per heavy atom. The van der Waals surface area contributed by atoms with Crippen molar-refractivity contribution in [3.8, 4) is 11.5 Å². The highest BCUT2D eigenvalue weighted by Crippen LogP contribution is 2.33. The molecule has 0 amide bonds. The summed E-state index contributed by atoms with van der Waals surface area (Å²) in [4.78, 5) is -0.701. The molecule has 184 valence electrons. The van der Waals surface area contributed by atoms with E-state index in [0.717, 1.165) is 31.7 Å². The van der Waals surface area contributed by atoms with Crippen molar-refractivity contribution in [3.63, 3.8) is 0 Å². The first-order valence-electron chi connectivity index (χ1n) is 11.5. The number of ether oxygens (including phenoxy) is 1. The molecule has 2 aromatic rings. The van der Waals surface area contributed by atoms with E-state index in [1.807, 2.05) is 0 Å². The molecule has 0 aliphatic heterocycles. The number of aryl methyl sites for hydroxylation is 1. The van der Waals surface area contributed by atoms with Crippen LogP contribution in [0.1, 0.15) is 76.7 Å². The smallest absolute Gasteiger partial charge is 0.298 e. The van der Waals surface area contributed by atoms with Gasteiger partial charge in [-0.2, -0.15) is 16.8 Å². The summed E-state index contributed by atoms with van der Waals surface area (Å²) >= 11 is 0. The van der Waals surface area contributed by atoms with E-state index in [2.05, 4.69) is 6.92 Å². The van der Waals surface area contributed by atoms with Crippen LogP contribution in [-0.2, 0) is 26.7 Å². The maximum atomic E-state index is 12.1. The second-order valence-corrected chi connectivity index (χ2v) is 11.0. The van der Waals surface area contributed by atoms with Gasteiger partial charge >= 0.3 is 0 Å². The highest BCUT2D eigenvalue weighted by Gasteiger charge is 2.22. The van der Waals surface area contributed by atoms with Gasteiger partial charge in [-0.15, -0.1) is 0 Å². The Balaban J connectivity index is 2.01. The summed E-state index contributed by atoms with van der Waals surface area (Å²) in [6.07, 6.45) is 12.0. The fraction of sp³-hybridized carbons (Fsp3) is 0.500. The molecule has 33 heavy (non-hydrogen) atoms. The summed E-state index contributed by atoms with van der Waals surface area (Å²) in [5.41, 5.74) is 0.445. The monoisotopic (exact) mass is 498 g/mol. The molecule has 0 saturated carbocycles. The topological polar surface area (TPSA) is 118 Å². The molecule has 0 saturated heterocycles. The number of hydrogen-bond acceptors (Lipinski definition) is 5. The summed E-state index contributed by atoms with van der Waals surface area (Å²) in [5.74, 6) is -0.0827. The van der Waals surface area contributed by atoms with E-state index in [0.29, 0.717) is 12.0 Å². The van der Waals surface area contributed by atoms with Crippen LogP contribution in [0.4, 0.5) is 0 Å². The molecule has 0 fully saturated rings. The zero-order valence-electron chi connectivity index (χ0n) is 19.1. The van der Waals surface area contributed by atoms with Crippen LogP contribution in [0.15, 0.2) is 52.3 Å². The molecule has 0 heterocycles. The van der Waals surface area contributed by atoms with Gasteiger partial charge in [0.25, 0.3) is 20.2 Å². The van der Waals surface area contributed by atoms with E-state index in [1.54, 1.807) is 12.1 Å². The van der Waals surface area contributed by atoms with Crippen molar-refractivity contribution in [2.24, 2.45) is 0 Å². The Bertz CT molecular complexity index is 1090. The first-order chi connectivity index (χ1) is 15.6. The van der Waals surface area contributed by atoms with Crippen LogP contribution in [-0.4, -0.2) is 25.9 Å². The van der Waals surface area contributed by atoms with Gasteiger partial charge in [-0.05, 0) is 36.6 Å². The fourth-order valence-electron chi connectivity index (χ4n) is 3.76. The average Bonchev–Trinajstić information content (AvgIpc) is 2.74. The Labute approximate surface area is 197 Å². The highest BCUT2D eigenvalue weighted by molar-refractivity contribution is 7.86. The van der Waals surface area contributed by atoms with Crippen LogP contribution in [0.2, 0.25) is 0 Å². The van der Waals surface area contributed by atoms with Gasteiger partial charge in [-0.3, -0.25) is 9.11 Å². The van der Waals surface area contributed by atoms with Gasteiger partial charge in [0.05, 0.1) is 4.90 Å². The second-order valence-electron chi connectivity index (χ2n) is 8.20. The summed E-state index contributed by atoms with van der Waals surface area (Å²) in [5, 5.41) is 0. The molecule has 2 aromatic carbocycles. The van der Waals surface area contributed by atoms with Crippen molar-refractivity contribution >= 4 is 20.2 Å². The predicted molar refractivity (Wildman–Crippen MR) is 128 cm³/mol. The van der Waals surface area contributed by atoms with Crippen molar-refractivity contribution in [1.82, 2.24) is 0 Å². The van der Waals surface area contributed by atoms with Crippen LogP contribution in [0.3, 0.4) is 0 Å². The predicted octanol–water partition coefficient (Wildman–Crippen LogP) is 6.44. The highest BCUT2D eigenvalue weighted by atomic mass is 32.2. The summed E-state index contributed by atoms with van der Waals surface area (Å²) < 4.78 is 71.6. The number of hydrogen-bond donors (Lipinski definition) is 2. The number of rotatable bonds is 15. The zero-order chi connectivity index (χ0) is 24.3. The molecule has 2 rings (SSSR count). The van der Waals surface area contributed by atoms with E-state index < -0.39 is 20.2 Å². The molecule has 0 atom stereocenters. The van der Waals surface area contributed by atoms with Gasteiger partial charge < -0.3 is 4.74 Å². The Morgan fingerprint density at radius 3 is 1.88 bits per heavy atom. The SMILES string of the molecule is CCCCCCCCCCCCc1cccc(Oc2cccc(S(=O)(=O)O)c2)c1S(=O)(=O)O. The Kier molecular flexibility index (Phi) is 10.8. The van der Waals surface area contributed by atoms with Crippen molar-refractivity contribution < 1.29 is 30.7 Å². The quantitative estimate of drug-likeness (QED) is 0.214. The average molecular weight is 499 g/mol. The lowest BCUT2D eigenvalue weighted by molar-refractivity contribution is 0.444. The molecule has 0 aliphatic carbocycles. The van der Waals surface area contributed by atoms with E-state index in [1.165, 1.54) is 62.8 Å². The molecule has 0 aromatic heterocycles. The molecule has 7 nitrogen and oxygen atoms in total. The second kappa shape index (κ2) is 13.1. The number of unbranched alkanes of at least 4 members (excludes halogenated alkanes) is 9. The van der Waals surface area contributed by atoms with Gasteiger partial charge in [-0.1, -0.05) is 82.9 Å². The Hall–Kier alpha value is -1.94. The normalized spacial score (nSPS) is 12.1. The van der Waals surface area contributed by atoms with Gasteiger partial charge in [0.15, 0.2) is 0 Å². The van der Waals surface area contributed by atoms with Crippen LogP contribution >= 0.6 is 0 Å². The molecular formula is C24H34O7S2. The standard InChI is InChI=1S/C24H34O7S2/c1-2-3-4-5-6-7-8-9-10-11-14-20-15-12-18-23(24(20)33(28,29)30)31-21-16-13-17-22(19-21)32(25,26)27/h12-13,15-19H,2-11,14H2,1H3,(H,25,26,27)(H,28,29,30). The lowest BCUT2D eigenvalue weighted by Gasteiger charge is -2.14. The molecule has 9 heteroatoms. The molecule has 0 bridgehead atoms. The van der Waals surface area contributed by atoms with Crippen LogP contribution < -0.4 is 4.74 Å². The van der Waals surface area contributed by atoms with Crippen molar-refractivity contribution in [2.75, 3.05) is 0 Å². The van der Waals surface area contributed by atoms with Crippen molar-refractivity contribution in [2.45, 2.75) is 87.3 Å². The van der Waals surface area contributed by atoms with Gasteiger partial charge in [-0.25, -0.2) is 0 Å². The zero-order valence-corrected chi connectivity index (χ0v) is 20.7. The van der Waals surface area contributed by atoms with Crippen molar-refractivity contribution in [1.29, 1.82) is 0 Å². The van der Waals surface area contributed by atoms with Crippen LogP contribution in [0.5, 0.6) is 11.5 Å².